The number of piperazine rings is 1. The van der Waals surface area contributed by atoms with Crippen molar-refractivity contribution in [3.05, 3.63) is 35.4 Å². The number of nitrogens with zero attached hydrogens (tertiary/aromatic N) is 1. The van der Waals surface area contributed by atoms with E-state index in [2.05, 4.69) is 17.4 Å². The minimum atomic E-state index is -0.408. The standard InChI is InChI=1S/C16H20N2O2/c1-3-14-15(19)17-10(2)16(20)18(14)13-8-11-6-4-5-7-12(11)9-13/h4-7,10,13-14H,3,8-9H2,1-2H3,(H,17,19). The molecular formula is C16H20N2O2. The lowest BCUT2D eigenvalue weighted by Gasteiger charge is -2.41. The lowest BCUT2D eigenvalue weighted by molar-refractivity contribution is -0.151. The Morgan fingerprint density at radius 3 is 2.35 bits per heavy atom. The minimum absolute atomic E-state index is 0.0180. The summed E-state index contributed by atoms with van der Waals surface area (Å²) < 4.78 is 0. The summed E-state index contributed by atoms with van der Waals surface area (Å²) in [6, 6.07) is 7.70. The van der Waals surface area contributed by atoms with Gasteiger partial charge < -0.3 is 10.2 Å². The van der Waals surface area contributed by atoms with Crippen LogP contribution in [0.3, 0.4) is 0 Å². The van der Waals surface area contributed by atoms with Crippen molar-refractivity contribution in [2.24, 2.45) is 0 Å². The lowest BCUT2D eigenvalue weighted by atomic mass is 10.0. The summed E-state index contributed by atoms with van der Waals surface area (Å²) in [6.45, 7) is 3.73. The molecule has 2 amide bonds. The molecule has 4 nitrogen and oxygen atoms in total. The molecule has 1 saturated heterocycles. The number of carbonyl (C=O) groups excluding carboxylic acids is 2. The smallest absolute Gasteiger partial charge is 0.245 e. The van der Waals surface area contributed by atoms with Crippen LogP contribution in [0.2, 0.25) is 0 Å². The Morgan fingerprint density at radius 1 is 1.20 bits per heavy atom. The largest absolute Gasteiger partial charge is 0.343 e. The van der Waals surface area contributed by atoms with Crippen LogP contribution < -0.4 is 5.32 Å². The minimum Gasteiger partial charge on any atom is -0.343 e. The van der Waals surface area contributed by atoms with E-state index in [1.165, 1.54) is 11.1 Å². The van der Waals surface area contributed by atoms with Crippen LogP contribution in [0, 0.1) is 0 Å². The van der Waals surface area contributed by atoms with Gasteiger partial charge in [-0.05, 0) is 37.3 Å². The predicted molar refractivity (Wildman–Crippen MR) is 76.2 cm³/mol. The highest BCUT2D eigenvalue weighted by Crippen LogP contribution is 2.29. The third kappa shape index (κ3) is 1.99. The first-order chi connectivity index (χ1) is 9.61. The molecule has 106 valence electrons. The van der Waals surface area contributed by atoms with Gasteiger partial charge in [0.1, 0.15) is 12.1 Å². The molecule has 1 aliphatic carbocycles. The number of rotatable bonds is 2. The van der Waals surface area contributed by atoms with Crippen LogP contribution >= 0.6 is 0 Å². The summed E-state index contributed by atoms with van der Waals surface area (Å²) in [7, 11) is 0. The normalized spacial score (nSPS) is 26.6. The fourth-order valence-electron chi connectivity index (χ4n) is 3.42. The molecule has 0 radical (unpaired) electrons. The zero-order chi connectivity index (χ0) is 14.3. The molecule has 20 heavy (non-hydrogen) atoms. The van der Waals surface area contributed by atoms with Crippen molar-refractivity contribution in [1.82, 2.24) is 10.2 Å². The van der Waals surface area contributed by atoms with E-state index in [0.717, 1.165) is 12.8 Å². The fraction of sp³-hybridized carbons (Fsp3) is 0.500. The fourth-order valence-corrected chi connectivity index (χ4v) is 3.42. The molecule has 1 N–H and O–H groups in total. The van der Waals surface area contributed by atoms with Gasteiger partial charge in [-0.1, -0.05) is 31.2 Å². The van der Waals surface area contributed by atoms with E-state index in [1.807, 2.05) is 24.0 Å². The first kappa shape index (κ1) is 13.2. The molecule has 1 fully saturated rings. The summed E-state index contributed by atoms with van der Waals surface area (Å²) in [6.07, 6.45) is 2.38. The van der Waals surface area contributed by atoms with Crippen LogP contribution in [0.25, 0.3) is 0 Å². The predicted octanol–water partition coefficient (Wildman–Crippen LogP) is 1.28. The van der Waals surface area contributed by atoms with Crippen LogP contribution in [0.1, 0.15) is 31.4 Å². The second-order valence-electron chi connectivity index (χ2n) is 5.73. The second kappa shape index (κ2) is 4.93. The number of hydrogen-bond donors (Lipinski definition) is 1. The van der Waals surface area contributed by atoms with Crippen LogP contribution in [0.15, 0.2) is 24.3 Å². The molecule has 2 atom stereocenters. The van der Waals surface area contributed by atoms with Crippen molar-refractivity contribution in [3.8, 4) is 0 Å². The van der Waals surface area contributed by atoms with Gasteiger partial charge in [0.05, 0.1) is 0 Å². The molecule has 0 spiro atoms. The Hall–Kier alpha value is -1.84. The van der Waals surface area contributed by atoms with E-state index in [9.17, 15) is 9.59 Å². The van der Waals surface area contributed by atoms with E-state index >= 15 is 0 Å². The summed E-state index contributed by atoms with van der Waals surface area (Å²) in [5.74, 6) is 0.0322. The highest BCUT2D eigenvalue weighted by molar-refractivity contribution is 5.97. The summed E-state index contributed by atoms with van der Waals surface area (Å²) in [5, 5.41) is 2.77. The molecule has 2 aliphatic rings. The Kier molecular flexibility index (Phi) is 3.24. The first-order valence-electron chi connectivity index (χ1n) is 7.31. The van der Waals surface area contributed by atoms with Crippen molar-refractivity contribution < 1.29 is 9.59 Å². The van der Waals surface area contributed by atoms with E-state index in [4.69, 9.17) is 0 Å². The van der Waals surface area contributed by atoms with Gasteiger partial charge >= 0.3 is 0 Å². The van der Waals surface area contributed by atoms with Gasteiger partial charge in [0, 0.05) is 6.04 Å². The van der Waals surface area contributed by atoms with Gasteiger partial charge in [0.15, 0.2) is 0 Å². The second-order valence-corrected chi connectivity index (χ2v) is 5.73. The van der Waals surface area contributed by atoms with Crippen molar-refractivity contribution in [1.29, 1.82) is 0 Å². The molecule has 1 heterocycles. The molecular weight excluding hydrogens is 252 g/mol. The SMILES string of the molecule is CCC1C(=O)NC(C)C(=O)N1C1Cc2ccccc2C1. The monoisotopic (exact) mass is 272 g/mol. The Labute approximate surface area is 119 Å². The number of fused-ring (bicyclic) bond motifs is 1. The van der Waals surface area contributed by atoms with Crippen molar-refractivity contribution in [2.75, 3.05) is 0 Å². The summed E-state index contributed by atoms with van der Waals surface area (Å²) in [4.78, 5) is 26.4. The van der Waals surface area contributed by atoms with E-state index in [-0.39, 0.29) is 23.9 Å². The third-order valence-electron chi connectivity index (χ3n) is 4.43. The van der Waals surface area contributed by atoms with E-state index in [0.29, 0.717) is 6.42 Å². The molecule has 2 unspecified atom stereocenters. The molecule has 1 aromatic rings. The maximum atomic E-state index is 12.5. The molecule has 0 saturated carbocycles. The van der Waals surface area contributed by atoms with Gasteiger partial charge in [-0.2, -0.15) is 0 Å². The zero-order valence-electron chi connectivity index (χ0n) is 11.9. The Balaban J connectivity index is 1.88. The Morgan fingerprint density at radius 2 is 1.80 bits per heavy atom. The molecule has 3 rings (SSSR count). The number of carbonyl (C=O) groups is 2. The molecule has 0 bridgehead atoms. The quantitative estimate of drug-likeness (QED) is 0.881. The lowest BCUT2D eigenvalue weighted by Crippen LogP contribution is -2.65. The van der Waals surface area contributed by atoms with Crippen LogP contribution in [0.5, 0.6) is 0 Å². The molecule has 1 aromatic carbocycles. The number of benzene rings is 1. The molecule has 4 heteroatoms. The van der Waals surface area contributed by atoms with Crippen molar-refractivity contribution in [2.45, 2.75) is 51.2 Å². The van der Waals surface area contributed by atoms with Crippen LogP contribution in [-0.4, -0.2) is 34.8 Å². The van der Waals surface area contributed by atoms with E-state index in [1.54, 1.807) is 6.92 Å². The summed E-state index contributed by atoms with van der Waals surface area (Å²) in [5.41, 5.74) is 2.61. The topological polar surface area (TPSA) is 49.4 Å². The van der Waals surface area contributed by atoms with E-state index < -0.39 is 6.04 Å². The Bertz CT molecular complexity index is 530. The first-order valence-corrected chi connectivity index (χ1v) is 7.31. The maximum Gasteiger partial charge on any atom is 0.245 e. The molecule has 1 aliphatic heterocycles. The van der Waals surface area contributed by atoms with Gasteiger partial charge in [-0.15, -0.1) is 0 Å². The highest BCUT2D eigenvalue weighted by atomic mass is 16.2. The maximum absolute atomic E-state index is 12.5. The van der Waals surface area contributed by atoms with Gasteiger partial charge in [-0.3, -0.25) is 9.59 Å². The average molecular weight is 272 g/mol. The number of amides is 2. The van der Waals surface area contributed by atoms with Crippen LogP contribution in [-0.2, 0) is 22.4 Å². The number of nitrogens with one attached hydrogen (secondary N) is 1. The van der Waals surface area contributed by atoms with Gasteiger partial charge in [-0.25, -0.2) is 0 Å². The van der Waals surface area contributed by atoms with Crippen LogP contribution in [0.4, 0.5) is 0 Å². The number of hydrogen-bond acceptors (Lipinski definition) is 2. The third-order valence-corrected chi connectivity index (χ3v) is 4.43. The summed E-state index contributed by atoms with van der Waals surface area (Å²) >= 11 is 0. The zero-order valence-corrected chi connectivity index (χ0v) is 11.9. The highest BCUT2D eigenvalue weighted by Gasteiger charge is 2.42. The van der Waals surface area contributed by atoms with Crippen molar-refractivity contribution >= 4 is 11.8 Å². The van der Waals surface area contributed by atoms with Gasteiger partial charge in [0.2, 0.25) is 11.8 Å². The van der Waals surface area contributed by atoms with Gasteiger partial charge in [0.25, 0.3) is 0 Å². The molecule has 0 aromatic heterocycles. The van der Waals surface area contributed by atoms with Crippen molar-refractivity contribution in [3.63, 3.8) is 0 Å². The average Bonchev–Trinajstić information content (AvgIpc) is 2.85.